The maximum atomic E-state index is 13.1. The Hall–Kier alpha value is -0.710. The fourth-order valence-corrected chi connectivity index (χ4v) is 1.19. The van der Waals surface area contributed by atoms with Gasteiger partial charge < -0.3 is 4.84 Å². The van der Waals surface area contributed by atoms with Crippen LogP contribution in [0.5, 0.6) is 0 Å². The van der Waals surface area contributed by atoms with Crippen molar-refractivity contribution in [3.8, 4) is 0 Å². The standard InChI is InChI=1S/C8H8ClF2NO/c9-7-4-6(10)3-5(8(7)11)1-2-13-12/h3-4H,1-2,12H2. The third-order valence-corrected chi connectivity index (χ3v) is 1.83. The number of benzene rings is 1. The zero-order valence-electron chi connectivity index (χ0n) is 6.69. The van der Waals surface area contributed by atoms with E-state index in [4.69, 9.17) is 17.5 Å². The lowest BCUT2D eigenvalue weighted by molar-refractivity contribution is 0.140. The van der Waals surface area contributed by atoms with Crippen LogP contribution < -0.4 is 5.90 Å². The smallest absolute Gasteiger partial charge is 0.145 e. The van der Waals surface area contributed by atoms with Crippen LogP contribution in [0.3, 0.4) is 0 Å². The molecule has 0 heterocycles. The molecule has 0 aliphatic heterocycles. The van der Waals surface area contributed by atoms with Gasteiger partial charge in [-0.15, -0.1) is 0 Å². The first-order valence-electron chi connectivity index (χ1n) is 3.60. The van der Waals surface area contributed by atoms with Crippen molar-refractivity contribution in [2.24, 2.45) is 5.90 Å². The Morgan fingerprint density at radius 2 is 2.08 bits per heavy atom. The molecule has 0 spiro atoms. The van der Waals surface area contributed by atoms with E-state index < -0.39 is 11.6 Å². The highest BCUT2D eigenvalue weighted by Crippen LogP contribution is 2.20. The van der Waals surface area contributed by atoms with Gasteiger partial charge in [0, 0.05) is 6.42 Å². The summed E-state index contributed by atoms with van der Waals surface area (Å²) in [5.74, 6) is 3.56. The molecule has 0 radical (unpaired) electrons. The van der Waals surface area contributed by atoms with Crippen molar-refractivity contribution in [3.05, 3.63) is 34.4 Å². The first kappa shape index (κ1) is 10.4. The molecule has 0 atom stereocenters. The van der Waals surface area contributed by atoms with Crippen molar-refractivity contribution in [2.45, 2.75) is 6.42 Å². The summed E-state index contributed by atoms with van der Waals surface area (Å²) in [4.78, 5) is 4.25. The van der Waals surface area contributed by atoms with Crippen molar-refractivity contribution in [1.29, 1.82) is 0 Å². The van der Waals surface area contributed by atoms with Crippen LogP contribution in [0.2, 0.25) is 5.02 Å². The van der Waals surface area contributed by atoms with E-state index >= 15 is 0 Å². The van der Waals surface area contributed by atoms with E-state index in [1.54, 1.807) is 0 Å². The van der Waals surface area contributed by atoms with E-state index in [0.29, 0.717) is 0 Å². The highest BCUT2D eigenvalue weighted by Gasteiger charge is 2.08. The van der Waals surface area contributed by atoms with Crippen LogP contribution in [0.15, 0.2) is 12.1 Å². The minimum atomic E-state index is -0.625. The minimum Gasteiger partial charge on any atom is -0.304 e. The molecule has 5 heteroatoms. The summed E-state index contributed by atoms with van der Waals surface area (Å²) in [6.45, 7) is 0.122. The second-order valence-corrected chi connectivity index (χ2v) is 2.89. The Morgan fingerprint density at radius 3 is 2.69 bits per heavy atom. The first-order chi connectivity index (χ1) is 6.15. The van der Waals surface area contributed by atoms with Crippen LogP contribution in [-0.2, 0) is 11.3 Å². The lowest BCUT2D eigenvalue weighted by atomic mass is 10.1. The highest BCUT2D eigenvalue weighted by atomic mass is 35.5. The zero-order chi connectivity index (χ0) is 9.84. The average Bonchev–Trinajstić information content (AvgIpc) is 2.09. The molecule has 0 unspecified atom stereocenters. The van der Waals surface area contributed by atoms with Crippen molar-refractivity contribution < 1.29 is 13.6 Å². The van der Waals surface area contributed by atoms with Crippen LogP contribution in [-0.4, -0.2) is 6.61 Å². The second-order valence-electron chi connectivity index (χ2n) is 2.48. The minimum absolute atomic E-state index is 0.122. The molecule has 0 aliphatic rings. The maximum Gasteiger partial charge on any atom is 0.145 e. The quantitative estimate of drug-likeness (QED) is 0.608. The van der Waals surface area contributed by atoms with Gasteiger partial charge in [-0.3, -0.25) is 0 Å². The van der Waals surface area contributed by atoms with Gasteiger partial charge in [0.1, 0.15) is 11.6 Å². The van der Waals surface area contributed by atoms with Crippen molar-refractivity contribution in [3.63, 3.8) is 0 Å². The molecule has 0 amide bonds. The molecule has 1 aromatic carbocycles. The molecule has 2 nitrogen and oxygen atoms in total. The fraction of sp³-hybridized carbons (Fsp3) is 0.250. The van der Waals surface area contributed by atoms with Gasteiger partial charge in [0.2, 0.25) is 0 Å². The van der Waals surface area contributed by atoms with Gasteiger partial charge in [0.25, 0.3) is 0 Å². The van der Waals surface area contributed by atoms with Gasteiger partial charge in [-0.05, 0) is 17.7 Å². The van der Waals surface area contributed by atoms with Gasteiger partial charge in [-0.25, -0.2) is 14.7 Å². The summed E-state index contributed by atoms with van der Waals surface area (Å²) in [5, 5.41) is -0.230. The SMILES string of the molecule is NOCCc1cc(F)cc(Cl)c1F. The van der Waals surface area contributed by atoms with Crippen molar-refractivity contribution >= 4 is 11.6 Å². The van der Waals surface area contributed by atoms with Crippen molar-refractivity contribution in [1.82, 2.24) is 0 Å². The van der Waals surface area contributed by atoms with Gasteiger partial charge in [-0.1, -0.05) is 11.6 Å². The molecule has 0 saturated heterocycles. The summed E-state index contributed by atoms with van der Waals surface area (Å²) >= 11 is 5.41. The monoisotopic (exact) mass is 207 g/mol. The Kier molecular flexibility index (Phi) is 3.59. The molecule has 2 N–H and O–H groups in total. The summed E-state index contributed by atoms with van der Waals surface area (Å²) in [6, 6.07) is 1.99. The Bertz CT molecular complexity index is 306. The highest BCUT2D eigenvalue weighted by molar-refractivity contribution is 6.30. The van der Waals surface area contributed by atoms with Crippen LogP contribution in [0.1, 0.15) is 5.56 Å². The van der Waals surface area contributed by atoms with E-state index in [1.165, 1.54) is 0 Å². The number of rotatable bonds is 3. The molecule has 1 rings (SSSR count). The lowest BCUT2D eigenvalue weighted by Gasteiger charge is -2.03. The Balaban J connectivity index is 2.92. The van der Waals surface area contributed by atoms with Gasteiger partial charge in [0.15, 0.2) is 0 Å². The summed E-state index contributed by atoms with van der Waals surface area (Å²) in [7, 11) is 0. The van der Waals surface area contributed by atoms with Crippen LogP contribution in [0, 0.1) is 11.6 Å². The molecule has 0 saturated carbocycles. The molecule has 0 bridgehead atoms. The number of hydrogen-bond acceptors (Lipinski definition) is 2. The van der Waals surface area contributed by atoms with Crippen LogP contribution in [0.25, 0.3) is 0 Å². The van der Waals surface area contributed by atoms with Crippen molar-refractivity contribution in [2.75, 3.05) is 6.61 Å². The predicted octanol–water partition coefficient (Wildman–Crippen LogP) is 2.05. The second kappa shape index (κ2) is 4.50. The normalized spacial score (nSPS) is 10.5. The summed E-state index contributed by atoms with van der Waals surface area (Å²) in [5.41, 5.74) is 0.162. The Morgan fingerprint density at radius 1 is 1.38 bits per heavy atom. The van der Waals surface area contributed by atoms with E-state index in [0.717, 1.165) is 12.1 Å². The van der Waals surface area contributed by atoms with Gasteiger partial charge in [0.05, 0.1) is 11.6 Å². The van der Waals surface area contributed by atoms with Gasteiger partial charge >= 0.3 is 0 Å². The molecule has 72 valence electrons. The molecule has 0 aromatic heterocycles. The predicted molar refractivity (Wildman–Crippen MR) is 45.2 cm³/mol. The summed E-state index contributed by atoms with van der Waals surface area (Å²) in [6.07, 6.45) is 0.194. The Labute approximate surface area is 79.2 Å². The number of halogens is 3. The number of nitrogens with two attached hydrogens (primary N) is 1. The third kappa shape index (κ3) is 2.62. The van der Waals surface area contributed by atoms with E-state index in [1.807, 2.05) is 0 Å². The van der Waals surface area contributed by atoms with E-state index in [2.05, 4.69) is 4.84 Å². The van der Waals surface area contributed by atoms with E-state index in [-0.39, 0.29) is 23.6 Å². The molecule has 1 aromatic rings. The summed E-state index contributed by atoms with van der Waals surface area (Å²) < 4.78 is 25.8. The topological polar surface area (TPSA) is 35.2 Å². The molecule has 0 fully saturated rings. The average molecular weight is 208 g/mol. The van der Waals surface area contributed by atoms with E-state index in [9.17, 15) is 8.78 Å². The first-order valence-corrected chi connectivity index (χ1v) is 3.98. The maximum absolute atomic E-state index is 13.1. The molecule has 13 heavy (non-hydrogen) atoms. The fourth-order valence-electron chi connectivity index (χ4n) is 0.960. The number of hydrogen-bond donors (Lipinski definition) is 1. The van der Waals surface area contributed by atoms with Gasteiger partial charge in [-0.2, -0.15) is 0 Å². The van der Waals surface area contributed by atoms with Crippen LogP contribution in [0.4, 0.5) is 8.78 Å². The third-order valence-electron chi connectivity index (χ3n) is 1.56. The molecular formula is C8H8ClF2NO. The molecular weight excluding hydrogens is 200 g/mol. The zero-order valence-corrected chi connectivity index (χ0v) is 7.44. The molecule has 0 aliphatic carbocycles. The largest absolute Gasteiger partial charge is 0.304 e. The lowest BCUT2D eigenvalue weighted by Crippen LogP contribution is -2.05. The van der Waals surface area contributed by atoms with Crippen LogP contribution >= 0.6 is 11.6 Å².